The van der Waals surface area contributed by atoms with Crippen molar-refractivity contribution in [3.8, 4) is 0 Å². The zero-order valence-corrected chi connectivity index (χ0v) is 18.1. The Hall–Kier alpha value is -1.03. The van der Waals surface area contributed by atoms with Crippen LogP contribution in [0.5, 0.6) is 0 Å². The highest BCUT2D eigenvalue weighted by Gasteiger charge is 2.21. The van der Waals surface area contributed by atoms with Crippen LogP contribution in [0.4, 0.5) is 5.69 Å². The summed E-state index contributed by atoms with van der Waals surface area (Å²) in [6, 6.07) is 8.75. The van der Waals surface area contributed by atoms with Gasteiger partial charge in [0.25, 0.3) is 0 Å². The molecule has 0 amide bonds. The minimum absolute atomic E-state index is 0.285. The third-order valence-electron chi connectivity index (χ3n) is 5.71. The van der Waals surface area contributed by atoms with Crippen molar-refractivity contribution in [3.05, 3.63) is 29.8 Å². The Morgan fingerprint density at radius 2 is 1.22 bits per heavy atom. The van der Waals surface area contributed by atoms with E-state index < -0.39 is 9.84 Å². The number of unbranched alkanes of at least 4 members (excludes halogenated alkanes) is 10. The normalized spacial score (nSPS) is 16.6. The van der Waals surface area contributed by atoms with Crippen LogP contribution in [-0.4, -0.2) is 33.0 Å². The summed E-state index contributed by atoms with van der Waals surface area (Å²) in [4.78, 5) is 2.19. The maximum Gasteiger partial charge on any atom is 0.153 e. The second-order valence-corrected chi connectivity index (χ2v) is 10.4. The fourth-order valence-corrected chi connectivity index (χ4v) is 5.04. The van der Waals surface area contributed by atoms with Crippen molar-refractivity contribution in [2.24, 2.45) is 0 Å². The predicted molar refractivity (Wildman–Crippen MR) is 117 cm³/mol. The van der Waals surface area contributed by atoms with E-state index in [4.69, 9.17) is 0 Å². The number of nitrogens with zero attached hydrogens (tertiary/aromatic N) is 1. The summed E-state index contributed by atoms with van der Waals surface area (Å²) in [5.74, 6) is 0.570. The molecule has 0 spiro atoms. The molecule has 1 heterocycles. The van der Waals surface area contributed by atoms with Gasteiger partial charge in [-0.05, 0) is 30.5 Å². The van der Waals surface area contributed by atoms with E-state index in [9.17, 15) is 8.42 Å². The molecule has 0 aliphatic carbocycles. The molecular weight excluding hydrogens is 354 g/mol. The summed E-state index contributed by atoms with van der Waals surface area (Å²) >= 11 is 0. The lowest BCUT2D eigenvalue weighted by Gasteiger charge is -2.28. The van der Waals surface area contributed by atoms with Gasteiger partial charge in [-0.2, -0.15) is 0 Å². The van der Waals surface area contributed by atoms with Gasteiger partial charge in [0.1, 0.15) is 0 Å². The van der Waals surface area contributed by atoms with E-state index in [-0.39, 0.29) is 11.5 Å². The molecule has 154 valence electrons. The predicted octanol–water partition coefficient (Wildman–Crippen LogP) is 5.77. The Morgan fingerprint density at radius 3 is 1.74 bits per heavy atom. The molecule has 0 aromatic heterocycles. The average molecular weight is 394 g/mol. The standard InChI is InChI=1S/C23H39NO2S/c1-2-3-4-5-6-7-8-9-10-11-12-13-22-14-16-23(17-15-22)24-18-20-27(25,26)21-19-24/h14-17H,2-13,18-21H2,1H3. The van der Waals surface area contributed by atoms with Crippen molar-refractivity contribution >= 4 is 15.5 Å². The monoisotopic (exact) mass is 393 g/mol. The fraction of sp³-hybridized carbons (Fsp3) is 0.739. The minimum Gasteiger partial charge on any atom is -0.369 e. The zero-order valence-electron chi connectivity index (χ0n) is 17.3. The van der Waals surface area contributed by atoms with Gasteiger partial charge in [-0.3, -0.25) is 0 Å². The molecule has 27 heavy (non-hydrogen) atoms. The van der Waals surface area contributed by atoms with Gasteiger partial charge >= 0.3 is 0 Å². The Morgan fingerprint density at radius 1 is 0.741 bits per heavy atom. The van der Waals surface area contributed by atoms with Crippen LogP contribution in [0.25, 0.3) is 0 Å². The summed E-state index contributed by atoms with van der Waals surface area (Å²) in [6.07, 6.45) is 16.4. The van der Waals surface area contributed by atoms with Crippen LogP contribution in [-0.2, 0) is 16.3 Å². The van der Waals surface area contributed by atoms with E-state index in [0.29, 0.717) is 13.1 Å². The molecule has 1 aliphatic rings. The third-order valence-corrected chi connectivity index (χ3v) is 7.32. The van der Waals surface area contributed by atoms with Crippen molar-refractivity contribution in [2.45, 2.75) is 84.0 Å². The van der Waals surface area contributed by atoms with Gasteiger partial charge in [-0.15, -0.1) is 0 Å². The van der Waals surface area contributed by atoms with Gasteiger partial charge in [0.15, 0.2) is 9.84 Å². The number of hydrogen-bond donors (Lipinski definition) is 0. The molecule has 0 bridgehead atoms. The van der Waals surface area contributed by atoms with Gasteiger partial charge < -0.3 is 4.90 Å². The van der Waals surface area contributed by atoms with Crippen molar-refractivity contribution in [1.29, 1.82) is 0 Å². The topological polar surface area (TPSA) is 37.4 Å². The second kappa shape index (κ2) is 12.4. The van der Waals surface area contributed by atoms with Crippen LogP contribution >= 0.6 is 0 Å². The van der Waals surface area contributed by atoms with Crippen LogP contribution < -0.4 is 4.90 Å². The summed E-state index contributed by atoms with van der Waals surface area (Å²) in [7, 11) is -2.80. The van der Waals surface area contributed by atoms with E-state index >= 15 is 0 Å². The van der Waals surface area contributed by atoms with Crippen LogP contribution in [0.3, 0.4) is 0 Å². The molecule has 3 nitrogen and oxygen atoms in total. The molecule has 1 saturated heterocycles. The largest absolute Gasteiger partial charge is 0.369 e. The van der Waals surface area contributed by atoms with Gasteiger partial charge in [0, 0.05) is 18.8 Å². The summed E-state index contributed by atoms with van der Waals surface area (Å²) < 4.78 is 23.1. The number of hydrogen-bond acceptors (Lipinski definition) is 3. The van der Waals surface area contributed by atoms with Crippen LogP contribution in [0.15, 0.2) is 24.3 Å². The Balaban J connectivity index is 1.52. The molecule has 4 heteroatoms. The molecule has 0 N–H and O–H groups in total. The third kappa shape index (κ3) is 9.14. The molecule has 1 fully saturated rings. The summed E-state index contributed by atoms with van der Waals surface area (Å²) in [6.45, 7) is 3.53. The average Bonchev–Trinajstić information content (AvgIpc) is 2.67. The van der Waals surface area contributed by atoms with Crippen LogP contribution in [0.2, 0.25) is 0 Å². The Labute approximate surface area is 167 Å². The minimum atomic E-state index is -2.80. The molecule has 1 aromatic rings. The number of sulfone groups is 1. The molecule has 0 atom stereocenters. The smallest absolute Gasteiger partial charge is 0.153 e. The first-order valence-electron chi connectivity index (χ1n) is 11.1. The molecule has 0 radical (unpaired) electrons. The van der Waals surface area contributed by atoms with Crippen molar-refractivity contribution in [3.63, 3.8) is 0 Å². The zero-order chi connectivity index (χ0) is 19.4. The van der Waals surface area contributed by atoms with E-state index in [0.717, 1.165) is 12.1 Å². The number of benzene rings is 1. The summed E-state index contributed by atoms with van der Waals surface area (Å²) in [5.41, 5.74) is 2.56. The highest BCUT2D eigenvalue weighted by molar-refractivity contribution is 7.91. The lowest BCUT2D eigenvalue weighted by Crippen LogP contribution is -2.40. The van der Waals surface area contributed by atoms with E-state index in [2.05, 4.69) is 36.1 Å². The maximum absolute atomic E-state index is 11.5. The first-order valence-corrected chi connectivity index (χ1v) is 13.0. The molecule has 1 aromatic carbocycles. The van der Waals surface area contributed by atoms with Crippen LogP contribution in [0.1, 0.15) is 83.1 Å². The van der Waals surface area contributed by atoms with E-state index in [1.807, 2.05) is 0 Å². The Bertz CT molecular complexity index is 596. The van der Waals surface area contributed by atoms with Crippen molar-refractivity contribution in [1.82, 2.24) is 0 Å². The van der Waals surface area contributed by atoms with Crippen molar-refractivity contribution < 1.29 is 8.42 Å². The molecule has 1 aliphatic heterocycles. The molecule has 0 saturated carbocycles. The number of aryl methyl sites for hydroxylation is 1. The lowest BCUT2D eigenvalue weighted by atomic mass is 10.0. The van der Waals surface area contributed by atoms with E-state index in [1.165, 1.54) is 76.2 Å². The fourth-order valence-electron chi connectivity index (χ4n) is 3.84. The lowest BCUT2D eigenvalue weighted by molar-refractivity contribution is 0.549. The van der Waals surface area contributed by atoms with Crippen molar-refractivity contribution in [2.75, 3.05) is 29.5 Å². The SMILES string of the molecule is CCCCCCCCCCCCCc1ccc(N2CCS(=O)(=O)CC2)cc1. The maximum atomic E-state index is 11.5. The molecular formula is C23H39NO2S. The quantitative estimate of drug-likeness (QED) is 0.399. The Kier molecular flexibility index (Phi) is 10.3. The van der Waals surface area contributed by atoms with Gasteiger partial charge in [-0.25, -0.2) is 8.42 Å². The second-order valence-electron chi connectivity index (χ2n) is 8.09. The first kappa shape index (κ1) is 22.3. The molecule has 0 unspecified atom stereocenters. The number of rotatable bonds is 13. The van der Waals surface area contributed by atoms with Crippen LogP contribution in [0, 0.1) is 0 Å². The first-order chi connectivity index (χ1) is 13.1. The highest BCUT2D eigenvalue weighted by Crippen LogP contribution is 2.19. The number of anilines is 1. The van der Waals surface area contributed by atoms with Gasteiger partial charge in [-0.1, -0.05) is 83.3 Å². The molecule has 2 rings (SSSR count). The van der Waals surface area contributed by atoms with E-state index in [1.54, 1.807) is 0 Å². The van der Waals surface area contributed by atoms with Gasteiger partial charge in [0.2, 0.25) is 0 Å². The summed E-state index contributed by atoms with van der Waals surface area (Å²) in [5, 5.41) is 0. The highest BCUT2D eigenvalue weighted by atomic mass is 32.2. The van der Waals surface area contributed by atoms with Gasteiger partial charge in [0.05, 0.1) is 11.5 Å².